The Morgan fingerprint density at radius 3 is 2.68 bits per heavy atom. The van der Waals surface area contributed by atoms with Crippen LogP contribution in [0.2, 0.25) is 0 Å². The van der Waals surface area contributed by atoms with Crippen LogP contribution in [0.15, 0.2) is 47.1 Å². The zero-order chi connectivity index (χ0) is 17.8. The SMILES string of the molecule is CNC(=O)NC(=O)C(C)Sc1ncnc2scc(-c3ccccc3)c12. The number of rotatable bonds is 4. The molecule has 0 saturated heterocycles. The number of amides is 3. The van der Waals surface area contributed by atoms with Crippen molar-refractivity contribution in [3.05, 3.63) is 42.0 Å². The van der Waals surface area contributed by atoms with E-state index in [1.165, 1.54) is 25.1 Å². The molecule has 0 aliphatic carbocycles. The molecule has 128 valence electrons. The van der Waals surface area contributed by atoms with Crippen molar-refractivity contribution >= 4 is 45.3 Å². The Labute approximate surface area is 153 Å². The van der Waals surface area contributed by atoms with Gasteiger partial charge in [-0.3, -0.25) is 10.1 Å². The summed E-state index contributed by atoms with van der Waals surface area (Å²) in [5.41, 5.74) is 2.12. The number of hydrogen-bond donors (Lipinski definition) is 2. The van der Waals surface area contributed by atoms with Crippen LogP contribution in [0.4, 0.5) is 4.79 Å². The van der Waals surface area contributed by atoms with Crippen molar-refractivity contribution in [2.75, 3.05) is 7.05 Å². The van der Waals surface area contributed by atoms with Crippen molar-refractivity contribution in [1.29, 1.82) is 0 Å². The predicted molar refractivity (Wildman–Crippen MR) is 101 cm³/mol. The standard InChI is InChI=1S/C17H16N4O2S2/c1-10(14(22)21-17(23)18-2)25-16-13-12(11-6-4-3-5-7-11)8-24-15(13)19-9-20-16/h3-10H,1-2H3,(H2,18,21,22,23). The topological polar surface area (TPSA) is 84.0 Å². The number of imide groups is 1. The van der Waals surface area contributed by atoms with Crippen LogP contribution in [0.1, 0.15) is 6.92 Å². The smallest absolute Gasteiger partial charge is 0.321 e. The maximum absolute atomic E-state index is 12.1. The van der Waals surface area contributed by atoms with Gasteiger partial charge in [0.25, 0.3) is 0 Å². The van der Waals surface area contributed by atoms with Crippen LogP contribution in [0, 0.1) is 0 Å². The van der Waals surface area contributed by atoms with Crippen molar-refractivity contribution < 1.29 is 9.59 Å². The van der Waals surface area contributed by atoms with E-state index in [9.17, 15) is 9.59 Å². The molecule has 1 atom stereocenters. The minimum Gasteiger partial charge on any atom is -0.341 e. The average Bonchev–Trinajstić information content (AvgIpc) is 3.07. The van der Waals surface area contributed by atoms with Gasteiger partial charge in [0.15, 0.2) is 0 Å². The molecule has 1 aromatic carbocycles. The van der Waals surface area contributed by atoms with Gasteiger partial charge in [-0.15, -0.1) is 11.3 Å². The normalized spacial score (nSPS) is 11.9. The Kier molecular flexibility index (Phi) is 5.30. The van der Waals surface area contributed by atoms with Crippen molar-refractivity contribution in [1.82, 2.24) is 20.6 Å². The van der Waals surface area contributed by atoms with Gasteiger partial charge in [-0.2, -0.15) is 0 Å². The van der Waals surface area contributed by atoms with Gasteiger partial charge in [0, 0.05) is 18.0 Å². The van der Waals surface area contributed by atoms with Crippen molar-refractivity contribution in [2.45, 2.75) is 17.2 Å². The maximum atomic E-state index is 12.1. The molecule has 0 aliphatic heterocycles. The Bertz CT molecular complexity index is 911. The average molecular weight is 372 g/mol. The molecular formula is C17H16N4O2S2. The van der Waals surface area contributed by atoms with E-state index in [1.807, 2.05) is 35.7 Å². The Morgan fingerprint density at radius 2 is 1.96 bits per heavy atom. The number of thioether (sulfide) groups is 1. The van der Waals surface area contributed by atoms with Crippen molar-refractivity contribution in [3.63, 3.8) is 0 Å². The van der Waals surface area contributed by atoms with E-state index in [4.69, 9.17) is 0 Å². The summed E-state index contributed by atoms with van der Waals surface area (Å²) in [5, 5.41) is 7.89. The fraction of sp³-hybridized carbons (Fsp3) is 0.176. The van der Waals surface area contributed by atoms with Gasteiger partial charge in [-0.05, 0) is 12.5 Å². The molecule has 8 heteroatoms. The second-order valence-electron chi connectivity index (χ2n) is 5.20. The van der Waals surface area contributed by atoms with Crippen molar-refractivity contribution in [3.8, 4) is 11.1 Å². The van der Waals surface area contributed by atoms with Gasteiger partial charge in [-0.25, -0.2) is 14.8 Å². The summed E-state index contributed by atoms with van der Waals surface area (Å²) in [7, 11) is 1.46. The van der Waals surface area contributed by atoms with E-state index < -0.39 is 11.3 Å². The molecule has 2 heterocycles. The summed E-state index contributed by atoms with van der Waals surface area (Å²) in [6.07, 6.45) is 1.50. The highest BCUT2D eigenvalue weighted by Gasteiger charge is 2.20. The summed E-state index contributed by atoms with van der Waals surface area (Å²) in [4.78, 5) is 33.0. The fourth-order valence-corrected chi connectivity index (χ4v) is 4.18. The number of hydrogen-bond acceptors (Lipinski definition) is 6. The van der Waals surface area contributed by atoms with Crippen LogP contribution in [0.3, 0.4) is 0 Å². The summed E-state index contributed by atoms with van der Waals surface area (Å²) >= 11 is 2.85. The zero-order valence-electron chi connectivity index (χ0n) is 13.6. The second-order valence-corrected chi connectivity index (χ2v) is 7.39. The number of urea groups is 1. The van der Waals surface area contributed by atoms with Crippen LogP contribution in [-0.4, -0.2) is 34.2 Å². The van der Waals surface area contributed by atoms with Gasteiger partial charge < -0.3 is 5.32 Å². The van der Waals surface area contributed by atoms with E-state index in [-0.39, 0.29) is 5.91 Å². The summed E-state index contributed by atoms with van der Waals surface area (Å²) < 4.78 is 0. The van der Waals surface area contributed by atoms with E-state index >= 15 is 0 Å². The van der Waals surface area contributed by atoms with Crippen LogP contribution in [0.5, 0.6) is 0 Å². The Morgan fingerprint density at radius 1 is 1.20 bits per heavy atom. The third-order valence-electron chi connectivity index (χ3n) is 3.54. The van der Waals surface area contributed by atoms with Crippen LogP contribution in [-0.2, 0) is 4.79 Å². The van der Waals surface area contributed by atoms with Gasteiger partial charge in [0.05, 0.1) is 10.6 Å². The molecule has 1 unspecified atom stereocenters. The van der Waals surface area contributed by atoms with Gasteiger partial charge in [0.2, 0.25) is 5.91 Å². The lowest BCUT2D eigenvalue weighted by Crippen LogP contribution is -2.41. The highest BCUT2D eigenvalue weighted by atomic mass is 32.2. The number of aromatic nitrogens is 2. The molecule has 6 nitrogen and oxygen atoms in total. The molecule has 2 aromatic heterocycles. The third kappa shape index (κ3) is 3.80. The first-order valence-corrected chi connectivity index (χ1v) is 9.33. The van der Waals surface area contributed by atoms with E-state index in [1.54, 1.807) is 18.3 Å². The number of nitrogens with zero attached hydrogens (tertiary/aromatic N) is 2. The lowest BCUT2D eigenvalue weighted by atomic mass is 10.1. The number of carbonyl (C=O) groups is 2. The molecule has 25 heavy (non-hydrogen) atoms. The molecule has 0 bridgehead atoms. The molecular weight excluding hydrogens is 356 g/mol. The molecule has 0 aliphatic rings. The number of nitrogens with one attached hydrogen (secondary N) is 2. The molecule has 3 aromatic rings. The molecule has 0 radical (unpaired) electrons. The molecule has 2 N–H and O–H groups in total. The van der Waals surface area contributed by atoms with Crippen LogP contribution < -0.4 is 10.6 Å². The Hall–Kier alpha value is -2.45. The first kappa shape index (κ1) is 17.4. The number of carbonyl (C=O) groups excluding carboxylic acids is 2. The minimum absolute atomic E-state index is 0.368. The lowest BCUT2D eigenvalue weighted by molar-refractivity contribution is -0.119. The molecule has 3 amide bonds. The fourth-order valence-electron chi connectivity index (χ4n) is 2.26. The maximum Gasteiger partial charge on any atom is 0.321 e. The highest BCUT2D eigenvalue weighted by Crippen LogP contribution is 2.38. The second kappa shape index (κ2) is 7.62. The largest absolute Gasteiger partial charge is 0.341 e. The summed E-state index contributed by atoms with van der Waals surface area (Å²) in [6.45, 7) is 1.74. The molecule has 0 fully saturated rings. The summed E-state index contributed by atoms with van der Waals surface area (Å²) in [6, 6.07) is 9.47. The Balaban J connectivity index is 1.93. The quantitative estimate of drug-likeness (QED) is 0.542. The van der Waals surface area contributed by atoms with E-state index in [0.29, 0.717) is 0 Å². The first-order valence-electron chi connectivity index (χ1n) is 7.57. The minimum atomic E-state index is -0.522. The van der Waals surface area contributed by atoms with Crippen molar-refractivity contribution in [2.24, 2.45) is 0 Å². The lowest BCUT2D eigenvalue weighted by Gasteiger charge is -2.11. The molecule has 3 rings (SSSR count). The van der Waals surface area contributed by atoms with Crippen LogP contribution >= 0.6 is 23.1 Å². The number of fused-ring (bicyclic) bond motifs is 1. The van der Waals surface area contributed by atoms with E-state index in [0.717, 1.165) is 26.4 Å². The van der Waals surface area contributed by atoms with E-state index in [2.05, 4.69) is 20.6 Å². The molecule has 0 spiro atoms. The molecule has 0 saturated carbocycles. The predicted octanol–water partition coefficient (Wildman–Crippen LogP) is 3.29. The van der Waals surface area contributed by atoms with Crippen LogP contribution in [0.25, 0.3) is 21.3 Å². The third-order valence-corrected chi connectivity index (χ3v) is 5.53. The first-order chi connectivity index (χ1) is 12.1. The zero-order valence-corrected chi connectivity index (χ0v) is 15.3. The van der Waals surface area contributed by atoms with Gasteiger partial charge in [0.1, 0.15) is 16.2 Å². The highest BCUT2D eigenvalue weighted by molar-refractivity contribution is 8.00. The van der Waals surface area contributed by atoms with Gasteiger partial charge >= 0.3 is 6.03 Å². The number of benzene rings is 1. The summed E-state index contributed by atoms with van der Waals surface area (Å²) in [5.74, 6) is -0.368. The monoisotopic (exact) mass is 372 g/mol. The number of thiophene rings is 1. The van der Waals surface area contributed by atoms with Gasteiger partial charge in [-0.1, -0.05) is 42.1 Å².